The fourth-order valence-electron chi connectivity index (χ4n) is 3.05. The van der Waals surface area contributed by atoms with Gasteiger partial charge in [-0.25, -0.2) is 0 Å². The number of hydrogen-bond acceptors (Lipinski definition) is 2. The molecule has 0 aromatic carbocycles. The Balaban J connectivity index is 2.62. The summed E-state index contributed by atoms with van der Waals surface area (Å²) in [6.07, 6.45) is 5.60. The van der Waals surface area contributed by atoms with Gasteiger partial charge >= 0.3 is 0 Å². The van der Waals surface area contributed by atoms with Crippen molar-refractivity contribution in [2.75, 3.05) is 0 Å². The van der Waals surface area contributed by atoms with Gasteiger partial charge in [0, 0.05) is 0 Å². The normalized spacial score (nSPS) is 36.6. The Morgan fingerprint density at radius 2 is 2.06 bits per heavy atom. The molecule has 1 rings (SSSR count). The van der Waals surface area contributed by atoms with Crippen LogP contribution in [-0.4, -0.2) is 21.4 Å². The van der Waals surface area contributed by atoms with Crippen LogP contribution in [0.5, 0.6) is 0 Å². The van der Waals surface area contributed by atoms with Crippen LogP contribution < -0.4 is 0 Å². The zero-order valence-corrected chi connectivity index (χ0v) is 12.0. The second-order valence-corrected chi connectivity index (χ2v) is 6.47. The molecule has 0 aliphatic heterocycles. The van der Waals surface area contributed by atoms with E-state index in [0.29, 0.717) is 0 Å². The minimum Gasteiger partial charge on any atom is -0.390 e. The monoisotopic (exact) mass is 240 g/mol. The van der Waals surface area contributed by atoms with Gasteiger partial charge in [0.2, 0.25) is 0 Å². The van der Waals surface area contributed by atoms with Crippen molar-refractivity contribution in [2.24, 2.45) is 11.8 Å². The lowest BCUT2D eigenvalue weighted by Crippen LogP contribution is -2.40. The van der Waals surface area contributed by atoms with Crippen LogP contribution in [0.2, 0.25) is 0 Å². The zero-order chi connectivity index (χ0) is 13.3. The molecular formula is C15H28O2. The Hall–Kier alpha value is -0.340. The van der Waals surface area contributed by atoms with E-state index in [0.717, 1.165) is 25.7 Å². The standard InChI is InChI=1S/C15H28O2/c1-11(2)7-6-9-15(5,17)13-8-10-14(4,16)12(13)3/h7,12-13,16-17H,6,8-10H2,1-5H3/t12-,13-,14+,15+/m0/s1. The van der Waals surface area contributed by atoms with Crippen LogP contribution in [0.25, 0.3) is 0 Å². The lowest BCUT2D eigenvalue weighted by molar-refractivity contribution is -0.0540. The smallest absolute Gasteiger partial charge is 0.0654 e. The summed E-state index contributed by atoms with van der Waals surface area (Å²) in [5.74, 6) is 0.382. The van der Waals surface area contributed by atoms with Gasteiger partial charge in [0.05, 0.1) is 11.2 Å². The van der Waals surface area contributed by atoms with Gasteiger partial charge in [0.1, 0.15) is 0 Å². The van der Waals surface area contributed by atoms with E-state index in [-0.39, 0.29) is 11.8 Å². The summed E-state index contributed by atoms with van der Waals surface area (Å²) >= 11 is 0. The molecule has 0 amide bonds. The fraction of sp³-hybridized carbons (Fsp3) is 0.867. The second kappa shape index (κ2) is 5.11. The topological polar surface area (TPSA) is 40.5 Å². The first-order valence-corrected chi connectivity index (χ1v) is 6.75. The predicted octanol–water partition coefficient (Wildman–Crippen LogP) is 3.28. The highest BCUT2D eigenvalue weighted by molar-refractivity contribution is 5.01. The Morgan fingerprint density at radius 1 is 1.47 bits per heavy atom. The molecule has 0 radical (unpaired) electrons. The molecule has 1 aliphatic rings. The van der Waals surface area contributed by atoms with Crippen molar-refractivity contribution in [1.82, 2.24) is 0 Å². The minimum atomic E-state index is -0.661. The van der Waals surface area contributed by atoms with Crippen LogP contribution in [0.1, 0.15) is 60.3 Å². The third-order valence-corrected chi connectivity index (χ3v) is 4.55. The number of aliphatic hydroxyl groups is 2. The molecule has 0 aromatic heterocycles. The molecule has 1 saturated carbocycles. The van der Waals surface area contributed by atoms with E-state index in [1.807, 2.05) is 13.8 Å². The molecule has 0 bridgehead atoms. The summed E-state index contributed by atoms with van der Waals surface area (Å²) in [5.41, 5.74) is 0.0316. The maximum Gasteiger partial charge on any atom is 0.0654 e. The van der Waals surface area contributed by atoms with Gasteiger partial charge in [0.15, 0.2) is 0 Å². The molecule has 0 saturated heterocycles. The molecule has 4 atom stereocenters. The van der Waals surface area contributed by atoms with Crippen LogP contribution in [0.15, 0.2) is 11.6 Å². The van der Waals surface area contributed by atoms with E-state index in [4.69, 9.17) is 0 Å². The third kappa shape index (κ3) is 3.56. The zero-order valence-electron chi connectivity index (χ0n) is 12.0. The summed E-state index contributed by atoms with van der Waals surface area (Å²) in [7, 11) is 0. The first-order valence-electron chi connectivity index (χ1n) is 6.75. The molecule has 1 fully saturated rings. The highest BCUT2D eigenvalue weighted by Crippen LogP contribution is 2.46. The van der Waals surface area contributed by atoms with Crippen LogP contribution in [0, 0.1) is 11.8 Å². The van der Waals surface area contributed by atoms with E-state index >= 15 is 0 Å². The Labute approximate surface area is 106 Å². The summed E-state index contributed by atoms with van der Waals surface area (Å²) in [6.45, 7) is 10.0. The summed E-state index contributed by atoms with van der Waals surface area (Å²) in [6, 6.07) is 0. The van der Waals surface area contributed by atoms with Gasteiger partial charge < -0.3 is 10.2 Å². The highest BCUT2D eigenvalue weighted by atomic mass is 16.3. The van der Waals surface area contributed by atoms with Crippen LogP contribution in [0.4, 0.5) is 0 Å². The molecule has 0 spiro atoms. The molecule has 2 nitrogen and oxygen atoms in total. The van der Waals surface area contributed by atoms with Gasteiger partial charge in [0.25, 0.3) is 0 Å². The van der Waals surface area contributed by atoms with E-state index in [1.165, 1.54) is 5.57 Å². The summed E-state index contributed by atoms with van der Waals surface area (Å²) in [4.78, 5) is 0. The molecule has 2 N–H and O–H groups in total. The lowest BCUT2D eigenvalue weighted by Gasteiger charge is -2.35. The van der Waals surface area contributed by atoms with E-state index in [2.05, 4.69) is 26.8 Å². The predicted molar refractivity (Wildman–Crippen MR) is 71.8 cm³/mol. The maximum absolute atomic E-state index is 10.6. The highest BCUT2D eigenvalue weighted by Gasteiger charge is 2.47. The molecule has 0 heterocycles. The SMILES string of the molecule is CC(C)=CCC[C@@](C)(O)[C@H]1CC[C@@](C)(O)[C@H]1C. The van der Waals surface area contributed by atoms with Crippen LogP contribution in [-0.2, 0) is 0 Å². The second-order valence-electron chi connectivity index (χ2n) is 6.47. The summed E-state index contributed by atoms with van der Waals surface area (Å²) < 4.78 is 0. The molecular weight excluding hydrogens is 212 g/mol. The van der Waals surface area contributed by atoms with Gasteiger partial charge in [-0.1, -0.05) is 18.6 Å². The fourth-order valence-corrected chi connectivity index (χ4v) is 3.05. The van der Waals surface area contributed by atoms with Crippen LogP contribution in [0.3, 0.4) is 0 Å². The molecule has 0 aromatic rings. The molecule has 1 aliphatic carbocycles. The van der Waals surface area contributed by atoms with E-state index < -0.39 is 11.2 Å². The molecule has 2 heteroatoms. The maximum atomic E-state index is 10.6. The summed E-state index contributed by atoms with van der Waals surface area (Å²) in [5, 5.41) is 20.8. The average Bonchev–Trinajstić information content (AvgIpc) is 2.41. The van der Waals surface area contributed by atoms with Crippen molar-refractivity contribution in [1.29, 1.82) is 0 Å². The van der Waals surface area contributed by atoms with Crippen molar-refractivity contribution in [3.05, 3.63) is 11.6 Å². The third-order valence-electron chi connectivity index (χ3n) is 4.55. The number of rotatable bonds is 4. The molecule has 0 unspecified atom stereocenters. The average molecular weight is 240 g/mol. The molecule has 17 heavy (non-hydrogen) atoms. The van der Waals surface area contributed by atoms with Crippen molar-refractivity contribution in [2.45, 2.75) is 71.5 Å². The van der Waals surface area contributed by atoms with Gasteiger partial charge in [-0.05, 0) is 65.2 Å². The largest absolute Gasteiger partial charge is 0.390 e. The first kappa shape index (κ1) is 14.7. The van der Waals surface area contributed by atoms with Crippen molar-refractivity contribution < 1.29 is 10.2 Å². The van der Waals surface area contributed by atoms with E-state index in [1.54, 1.807) is 0 Å². The quantitative estimate of drug-likeness (QED) is 0.740. The van der Waals surface area contributed by atoms with Crippen molar-refractivity contribution in [3.63, 3.8) is 0 Å². The van der Waals surface area contributed by atoms with Crippen molar-refractivity contribution in [3.8, 4) is 0 Å². The van der Waals surface area contributed by atoms with Gasteiger partial charge in [-0.3, -0.25) is 0 Å². The Kier molecular flexibility index (Phi) is 4.43. The number of allylic oxidation sites excluding steroid dienone is 2. The minimum absolute atomic E-state index is 0.171. The number of hydrogen-bond donors (Lipinski definition) is 2. The molecule has 100 valence electrons. The van der Waals surface area contributed by atoms with Gasteiger partial charge in [-0.15, -0.1) is 0 Å². The lowest BCUT2D eigenvalue weighted by atomic mass is 9.76. The van der Waals surface area contributed by atoms with Crippen LogP contribution >= 0.6 is 0 Å². The first-order chi connectivity index (χ1) is 7.67. The van der Waals surface area contributed by atoms with E-state index in [9.17, 15) is 10.2 Å². The Morgan fingerprint density at radius 3 is 2.47 bits per heavy atom. The van der Waals surface area contributed by atoms with Gasteiger partial charge in [-0.2, -0.15) is 0 Å². The Bertz CT molecular complexity index is 285. The van der Waals surface area contributed by atoms with Crippen molar-refractivity contribution >= 4 is 0 Å².